The van der Waals surface area contributed by atoms with E-state index in [1.165, 1.54) is 6.07 Å². The lowest BCUT2D eigenvalue weighted by molar-refractivity contribution is 0.202. The number of ether oxygens (including phenoxy) is 1. The van der Waals surface area contributed by atoms with Crippen molar-refractivity contribution in [2.45, 2.75) is 12.5 Å². The molecule has 0 saturated carbocycles. The monoisotopic (exact) mass is 233 g/mol. The molecule has 5 heteroatoms. The molecule has 1 aliphatic rings. The van der Waals surface area contributed by atoms with Gasteiger partial charge in [0, 0.05) is 6.54 Å². The van der Waals surface area contributed by atoms with Crippen molar-refractivity contribution in [3.8, 4) is 5.75 Å². The fourth-order valence-electron chi connectivity index (χ4n) is 1.51. The van der Waals surface area contributed by atoms with Crippen LogP contribution in [-0.2, 0) is 0 Å². The summed E-state index contributed by atoms with van der Waals surface area (Å²) in [6.45, 7) is 1.40. The van der Waals surface area contributed by atoms with E-state index in [-0.39, 0.29) is 16.9 Å². The van der Waals surface area contributed by atoms with Crippen molar-refractivity contribution in [3.05, 3.63) is 28.8 Å². The number of benzene rings is 1. The molecule has 1 N–H and O–H groups in total. The van der Waals surface area contributed by atoms with Gasteiger partial charge in [-0.3, -0.25) is 0 Å². The summed E-state index contributed by atoms with van der Waals surface area (Å²) in [7, 11) is 0. The van der Waals surface area contributed by atoms with Crippen LogP contribution < -0.4 is 10.1 Å². The molecule has 1 heterocycles. The van der Waals surface area contributed by atoms with Crippen molar-refractivity contribution in [1.82, 2.24) is 5.32 Å². The Morgan fingerprint density at radius 2 is 2.20 bits per heavy atom. The molecule has 82 valence electrons. The van der Waals surface area contributed by atoms with Gasteiger partial charge in [0.1, 0.15) is 6.10 Å². The molecule has 1 aromatic carbocycles. The molecule has 2 nitrogen and oxygen atoms in total. The van der Waals surface area contributed by atoms with Gasteiger partial charge in [0.15, 0.2) is 17.4 Å². The number of hydrogen-bond acceptors (Lipinski definition) is 2. The highest BCUT2D eigenvalue weighted by Gasteiger charge is 2.21. The summed E-state index contributed by atoms with van der Waals surface area (Å²) in [5, 5.41) is 2.92. The minimum absolute atomic E-state index is 0.127. The molecule has 2 rings (SSSR count). The first-order valence-corrected chi connectivity index (χ1v) is 5.07. The average Bonchev–Trinajstić information content (AvgIpc) is 2.71. The average molecular weight is 234 g/mol. The Balaban J connectivity index is 2.22. The predicted molar refractivity (Wildman–Crippen MR) is 53.3 cm³/mol. The highest BCUT2D eigenvalue weighted by molar-refractivity contribution is 6.30. The van der Waals surface area contributed by atoms with E-state index < -0.39 is 11.6 Å². The van der Waals surface area contributed by atoms with E-state index in [0.717, 1.165) is 19.0 Å². The van der Waals surface area contributed by atoms with Crippen molar-refractivity contribution >= 4 is 11.6 Å². The minimum atomic E-state index is -0.830. The number of rotatable bonds is 2. The summed E-state index contributed by atoms with van der Waals surface area (Å²) in [5.74, 6) is -1.93. The molecule has 1 aromatic rings. The predicted octanol–water partition coefficient (Wildman–Crippen LogP) is 2.36. The van der Waals surface area contributed by atoms with Gasteiger partial charge < -0.3 is 10.1 Å². The van der Waals surface area contributed by atoms with Gasteiger partial charge >= 0.3 is 0 Å². The molecule has 1 atom stereocenters. The first-order valence-electron chi connectivity index (χ1n) is 4.69. The van der Waals surface area contributed by atoms with Crippen molar-refractivity contribution in [3.63, 3.8) is 0 Å². The third-order valence-corrected chi connectivity index (χ3v) is 2.59. The lowest BCUT2D eigenvalue weighted by Crippen LogP contribution is -2.20. The van der Waals surface area contributed by atoms with Crippen LogP contribution in [0.1, 0.15) is 6.42 Å². The summed E-state index contributed by atoms with van der Waals surface area (Å²) in [5.41, 5.74) is 0. The smallest absolute Gasteiger partial charge is 0.192 e. The summed E-state index contributed by atoms with van der Waals surface area (Å²) < 4.78 is 31.9. The molecular formula is C10H10ClF2NO. The van der Waals surface area contributed by atoms with Gasteiger partial charge in [-0.15, -0.1) is 0 Å². The maximum Gasteiger partial charge on any atom is 0.192 e. The summed E-state index contributed by atoms with van der Waals surface area (Å²) in [6, 6.07) is 2.27. The van der Waals surface area contributed by atoms with E-state index >= 15 is 0 Å². The number of nitrogens with one attached hydrogen (secondary N) is 1. The molecule has 1 saturated heterocycles. The molecule has 0 amide bonds. The van der Waals surface area contributed by atoms with E-state index in [1.807, 2.05) is 0 Å². The zero-order valence-electron chi connectivity index (χ0n) is 7.90. The SMILES string of the molecule is Fc1ccc(Cl)c(F)c1OC1CCNC1. The third-order valence-electron chi connectivity index (χ3n) is 2.30. The standard InChI is InChI=1S/C10H10ClF2NO/c11-7-1-2-8(12)10(9(7)13)15-6-3-4-14-5-6/h1-2,6,14H,3-5H2. The zero-order chi connectivity index (χ0) is 10.8. The van der Waals surface area contributed by atoms with Crippen LogP contribution in [0.15, 0.2) is 12.1 Å². The van der Waals surface area contributed by atoms with Gasteiger partial charge in [-0.2, -0.15) is 0 Å². The van der Waals surface area contributed by atoms with Crippen molar-refractivity contribution in [1.29, 1.82) is 0 Å². The largest absolute Gasteiger partial charge is 0.483 e. The first-order chi connectivity index (χ1) is 7.18. The zero-order valence-corrected chi connectivity index (χ0v) is 8.65. The molecule has 1 fully saturated rings. The van der Waals surface area contributed by atoms with Crippen LogP contribution in [0, 0.1) is 11.6 Å². The van der Waals surface area contributed by atoms with Crippen LogP contribution in [0.4, 0.5) is 8.78 Å². The van der Waals surface area contributed by atoms with Crippen LogP contribution in [0.25, 0.3) is 0 Å². The van der Waals surface area contributed by atoms with E-state index in [2.05, 4.69) is 5.32 Å². The van der Waals surface area contributed by atoms with Crippen molar-refractivity contribution in [2.24, 2.45) is 0 Å². The Morgan fingerprint density at radius 3 is 2.87 bits per heavy atom. The van der Waals surface area contributed by atoms with E-state index in [0.29, 0.717) is 6.54 Å². The van der Waals surface area contributed by atoms with Crippen LogP contribution in [-0.4, -0.2) is 19.2 Å². The first kappa shape index (κ1) is 10.6. The lowest BCUT2D eigenvalue weighted by atomic mass is 10.3. The van der Waals surface area contributed by atoms with Crippen LogP contribution in [0.2, 0.25) is 5.02 Å². The van der Waals surface area contributed by atoms with Crippen LogP contribution >= 0.6 is 11.6 Å². The van der Waals surface area contributed by atoms with Gasteiger partial charge in [-0.25, -0.2) is 8.78 Å². The molecule has 0 aliphatic carbocycles. The third kappa shape index (κ3) is 2.21. The summed E-state index contributed by atoms with van der Waals surface area (Å²) in [4.78, 5) is 0. The molecule has 1 aliphatic heterocycles. The van der Waals surface area contributed by atoms with Crippen LogP contribution in [0.3, 0.4) is 0 Å². The molecule has 0 bridgehead atoms. The van der Waals surface area contributed by atoms with E-state index in [4.69, 9.17) is 16.3 Å². The van der Waals surface area contributed by atoms with Crippen LogP contribution in [0.5, 0.6) is 5.75 Å². The number of hydrogen-bond donors (Lipinski definition) is 1. The summed E-state index contributed by atoms with van der Waals surface area (Å²) >= 11 is 5.53. The normalized spacial score (nSPS) is 20.6. The highest BCUT2D eigenvalue weighted by Crippen LogP contribution is 2.29. The fourth-order valence-corrected chi connectivity index (χ4v) is 1.66. The van der Waals surface area contributed by atoms with Crippen molar-refractivity contribution in [2.75, 3.05) is 13.1 Å². The quantitative estimate of drug-likeness (QED) is 0.792. The van der Waals surface area contributed by atoms with Gasteiger partial charge in [-0.05, 0) is 25.1 Å². The molecule has 0 radical (unpaired) electrons. The van der Waals surface area contributed by atoms with Gasteiger partial charge in [0.05, 0.1) is 5.02 Å². The highest BCUT2D eigenvalue weighted by atomic mass is 35.5. The second-order valence-corrected chi connectivity index (χ2v) is 3.81. The van der Waals surface area contributed by atoms with E-state index in [9.17, 15) is 8.78 Å². The Labute approximate surface area is 91.2 Å². The Hall–Kier alpha value is -0.870. The lowest BCUT2D eigenvalue weighted by Gasteiger charge is -2.14. The second-order valence-electron chi connectivity index (χ2n) is 3.40. The maximum atomic E-state index is 13.4. The van der Waals surface area contributed by atoms with Gasteiger partial charge in [-0.1, -0.05) is 11.6 Å². The molecular weight excluding hydrogens is 224 g/mol. The van der Waals surface area contributed by atoms with Crippen molar-refractivity contribution < 1.29 is 13.5 Å². The molecule has 15 heavy (non-hydrogen) atoms. The molecule has 1 unspecified atom stereocenters. The Kier molecular flexibility index (Phi) is 3.07. The van der Waals surface area contributed by atoms with E-state index in [1.54, 1.807) is 0 Å². The Morgan fingerprint density at radius 1 is 1.40 bits per heavy atom. The fraction of sp³-hybridized carbons (Fsp3) is 0.400. The topological polar surface area (TPSA) is 21.3 Å². The minimum Gasteiger partial charge on any atom is -0.483 e. The molecule has 0 aromatic heterocycles. The molecule has 0 spiro atoms. The Bertz CT molecular complexity index is 367. The summed E-state index contributed by atoms with van der Waals surface area (Å²) in [6.07, 6.45) is 0.554. The maximum absolute atomic E-state index is 13.4. The van der Waals surface area contributed by atoms with Gasteiger partial charge in [0.25, 0.3) is 0 Å². The van der Waals surface area contributed by atoms with Gasteiger partial charge in [0.2, 0.25) is 0 Å². The number of halogens is 3. The second kappa shape index (κ2) is 4.33.